The van der Waals surface area contributed by atoms with Gasteiger partial charge >= 0.3 is 0 Å². The molecule has 1 saturated carbocycles. The van der Waals surface area contributed by atoms with Crippen molar-refractivity contribution >= 4 is 11.8 Å². The van der Waals surface area contributed by atoms with E-state index in [1.165, 1.54) is 22.5 Å². The number of hydrogen-bond acceptors (Lipinski definition) is 5. The minimum absolute atomic E-state index is 0.00112. The van der Waals surface area contributed by atoms with Gasteiger partial charge < -0.3 is 14.5 Å². The molecule has 2 fully saturated rings. The molecule has 0 N–H and O–H groups in total. The highest BCUT2D eigenvalue weighted by atomic mass is 19.3. The summed E-state index contributed by atoms with van der Waals surface area (Å²) >= 11 is 0. The summed E-state index contributed by atoms with van der Waals surface area (Å²) in [4.78, 5) is 20.7. The van der Waals surface area contributed by atoms with E-state index < -0.39 is 18.1 Å². The highest BCUT2D eigenvalue weighted by Crippen LogP contribution is 2.40. The topological polar surface area (TPSA) is 50.6 Å². The van der Waals surface area contributed by atoms with Crippen LogP contribution in [0.15, 0.2) is 23.0 Å². The van der Waals surface area contributed by atoms with Gasteiger partial charge in [-0.15, -0.1) is 0 Å². The number of ether oxygens (including phenoxy) is 1. The van der Waals surface area contributed by atoms with Crippen molar-refractivity contribution in [3.8, 4) is 0 Å². The lowest BCUT2D eigenvalue weighted by Gasteiger charge is -2.43. The lowest BCUT2D eigenvalue weighted by molar-refractivity contribution is 0.00136. The monoisotopic (exact) mass is 426 g/mol. The Labute approximate surface area is 174 Å². The van der Waals surface area contributed by atoms with Gasteiger partial charge in [0.2, 0.25) is 5.95 Å². The first-order chi connectivity index (χ1) is 14.2. The first-order valence-electron chi connectivity index (χ1n) is 10.6. The van der Waals surface area contributed by atoms with Crippen molar-refractivity contribution in [1.82, 2.24) is 9.55 Å². The predicted octanol–water partition coefficient (Wildman–Crippen LogP) is 3.01. The first-order valence-corrected chi connectivity index (χ1v) is 10.6. The van der Waals surface area contributed by atoms with Crippen molar-refractivity contribution < 1.29 is 17.9 Å². The quantitative estimate of drug-likeness (QED) is 0.655. The molecule has 1 aromatic heterocycles. The number of hydrogen-bond donors (Lipinski definition) is 0. The molecule has 0 amide bonds. The van der Waals surface area contributed by atoms with Gasteiger partial charge in [0.1, 0.15) is 18.0 Å². The van der Waals surface area contributed by atoms with Crippen LogP contribution in [-0.4, -0.2) is 60.0 Å². The lowest BCUT2D eigenvalue weighted by atomic mass is 9.97. The van der Waals surface area contributed by atoms with E-state index in [0.717, 1.165) is 12.8 Å². The molecule has 6 nitrogen and oxygen atoms in total. The second-order valence-electron chi connectivity index (χ2n) is 8.74. The number of anilines is 2. The van der Waals surface area contributed by atoms with Crippen molar-refractivity contribution in [2.75, 3.05) is 36.1 Å². The minimum atomic E-state index is -3.21. The molecule has 4 rings (SSSR count). The van der Waals surface area contributed by atoms with Crippen LogP contribution in [0.3, 0.4) is 0 Å². The van der Waals surface area contributed by atoms with Gasteiger partial charge in [-0.25, -0.2) is 4.39 Å². The number of alkyl halides is 3. The molecule has 166 valence electrons. The van der Waals surface area contributed by atoms with E-state index in [-0.39, 0.29) is 48.6 Å². The SMILES string of the molecule is C=C(C)C(F)(F)C1CCn2c(nc(N3CCOCC3C)cc2=O)N1CC(F)C1CC1. The van der Waals surface area contributed by atoms with Crippen LogP contribution in [0.25, 0.3) is 0 Å². The van der Waals surface area contributed by atoms with Gasteiger partial charge in [-0.3, -0.25) is 9.36 Å². The second kappa shape index (κ2) is 7.90. The zero-order valence-corrected chi connectivity index (χ0v) is 17.5. The average Bonchev–Trinajstić information content (AvgIpc) is 3.53. The normalized spacial score (nSPS) is 25.8. The predicted molar refractivity (Wildman–Crippen MR) is 109 cm³/mol. The maximum absolute atomic E-state index is 15.1. The molecule has 30 heavy (non-hydrogen) atoms. The molecule has 3 unspecified atom stereocenters. The summed E-state index contributed by atoms with van der Waals surface area (Å²) in [6.45, 7) is 8.16. The van der Waals surface area contributed by atoms with Crippen molar-refractivity contribution in [2.24, 2.45) is 5.92 Å². The Hall–Kier alpha value is -2.03. The minimum Gasteiger partial charge on any atom is -0.377 e. The molecule has 1 aliphatic carbocycles. The number of aromatic nitrogens is 2. The van der Waals surface area contributed by atoms with Crippen molar-refractivity contribution in [3.63, 3.8) is 0 Å². The summed E-state index contributed by atoms with van der Waals surface area (Å²) in [7, 11) is 0. The number of nitrogens with zero attached hydrogens (tertiary/aromatic N) is 4. The van der Waals surface area contributed by atoms with Gasteiger partial charge in [-0.2, -0.15) is 13.8 Å². The average molecular weight is 426 g/mol. The molecular formula is C21H29F3N4O2. The summed E-state index contributed by atoms with van der Waals surface area (Å²) in [6, 6.07) is 0.157. The molecular weight excluding hydrogens is 397 g/mol. The summed E-state index contributed by atoms with van der Waals surface area (Å²) in [5.41, 5.74) is -0.578. The number of fused-ring (bicyclic) bond motifs is 1. The number of rotatable bonds is 6. The standard InChI is InChI=1S/C21H29F3N4O2/c1-13(2)21(23,24)17-6-7-27-19(29)10-18(26-8-9-30-12-14(26)3)25-20(27)28(17)11-16(22)15-4-5-15/h10,14-17H,1,4-9,11-12H2,2-3H3. The van der Waals surface area contributed by atoms with Crippen LogP contribution >= 0.6 is 0 Å². The van der Waals surface area contributed by atoms with Crippen LogP contribution in [0.2, 0.25) is 0 Å². The molecule has 1 saturated heterocycles. The third kappa shape index (κ3) is 3.84. The van der Waals surface area contributed by atoms with Crippen LogP contribution in [0.4, 0.5) is 24.9 Å². The van der Waals surface area contributed by atoms with Crippen molar-refractivity contribution in [1.29, 1.82) is 0 Å². The smallest absolute Gasteiger partial charge is 0.288 e. The Kier molecular flexibility index (Phi) is 5.59. The van der Waals surface area contributed by atoms with Gasteiger partial charge in [0.25, 0.3) is 11.5 Å². The van der Waals surface area contributed by atoms with Crippen molar-refractivity contribution in [2.45, 2.75) is 63.8 Å². The molecule has 0 spiro atoms. The van der Waals surface area contributed by atoms with Gasteiger partial charge in [-0.05, 0) is 44.6 Å². The largest absolute Gasteiger partial charge is 0.377 e. The van der Waals surface area contributed by atoms with E-state index in [0.29, 0.717) is 25.6 Å². The van der Waals surface area contributed by atoms with E-state index in [1.807, 2.05) is 11.8 Å². The van der Waals surface area contributed by atoms with Gasteiger partial charge in [0.15, 0.2) is 0 Å². The fraction of sp³-hybridized carbons (Fsp3) is 0.714. The molecule has 3 heterocycles. The molecule has 9 heteroatoms. The van der Waals surface area contributed by atoms with Crippen LogP contribution in [0.5, 0.6) is 0 Å². The Balaban J connectivity index is 1.76. The maximum Gasteiger partial charge on any atom is 0.288 e. The van der Waals surface area contributed by atoms with E-state index in [1.54, 1.807) is 0 Å². The molecule has 0 radical (unpaired) electrons. The summed E-state index contributed by atoms with van der Waals surface area (Å²) in [5.74, 6) is -2.77. The Morgan fingerprint density at radius 2 is 2.10 bits per heavy atom. The van der Waals surface area contributed by atoms with Crippen LogP contribution in [0.1, 0.15) is 33.1 Å². The number of morpholine rings is 1. The summed E-state index contributed by atoms with van der Waals surface area (Å²) < 4.78 is 51.7. The molecule has 0 bridgehead atoms. The fourth-order valence-corrected chi connectivity index (χ4v) is 4.34. The fourth-order valence-electron chi connectivity index (χ4n) is 4.34. The highest BCUT2D eigenvalue weighted by Gasteiger charge is 2.48. The maximum atomic E-state index is 15.1. The number of halogens is 3. The zero-order valence-electron chi connectivity index (χ0n) is 17.5. The third-order valence-corrected chi connectivity index (χ3v) is 6.39. The van der Waals surface area contributed by atoms with Gasteiger partial charge in [0.05, 0.1) is 25.8 Å². The van der Waals surface area contributed by atoms with E-state index >= 15 is 8.78 Å². The molecule has 1 aromatic rings. The molecule has 0 aromatic carbocycles. The van der Waals surface area contributed by atoms with E-state index in [4.69, 9.17) is 4.74 Å². The zero-order chi connectivity index (χ0) is 21.6. The van der Waals surface area contributed by atoms with Crippen LogP contribution in [0, 0.1) is 5.92 Å². The Morgan fingerprint density at radius 1 is 1.37 bits per heavy atom. The second-order valence-corrected chi connectivity index (χ2v) is 8.74. The molecule has 2 aliphatic heterocycles. The van der Waals surface area contributed by atoms with E-state index in [2.05, 4.69) is 11.6 Å². The van der Waals surface area contributed by atoms with Crippen LogP contribution in [-0.2, 0) is 11.3 Å². The Morgan fingerprint density at radius 3 is 2.73 bits per heavy atom. The van der Waals surface area contributed by atoms with E-state index in [9.17, 15) is 9.18 Å². The summed E-state index contributed by atoms with van der Waals surface area (Å²) in [6.07, 6.45) is 0.325. The summed E-state index contributed by atoms with van der Waals surface area (Å²) in [5, 5.41) is 0. The van der Waals surface area contributed by atoms with Gasteiger partial charge in [0, 0.05) is 19.2 Å². The van der Waals surface area contributed by atoms with Crippen molar-refractivity contribution in [3.05, 3.63) is 28.6 Å². The highest BCUT2D eigenvalue weighted by molar-refractivity contribution is 5.48. The molecule has 3 atom stereocenters. The van der Waals surface area contributed by atoms with Crippen LogP contribution < -0.4 is 15.4 Å². The third-order valence-electron chi connectivity index (χ3n) is 6.39. The molecule has 3 aliphatic rings. The first kappa shape index (κ1) is 21.2. The van der Waals surface area contributed by atoms with Gasteiger partial charge in [-0.1, -0.05) is 6.58 Å². The lowest BCUT2D eigenvalue weighted by Crippen LogP contribution is -2.56. The Bertz CT molecular complexity index is 870.